The number of nitrogens with one attached hydrogen (secondary N) is 2. The molecule has 0 spiro atoms. The van der Waals surface area contributed by atoms with Gasteiger partial charge in [-0.15, -0.1) is 10.2 Å². The molecule has 10 aromatic rings. The molecule has 2 unspecified atom stereocenters. The first kappa shape index (κ1) is 59.9. The molecule has 12 rings (SSSR count). The van der Waals surface area contributed by atoms with E-state index in [1.165, 1.54) is 24.9 Å². The predicted molar refractivity (Wildman–Crippen MR) is 326 cm³/mol. The Morgan fingerprint density at radius 2 is 0.884 bits per heavy atom. The van der Waals surface area contributed by atoms with Gasteiger partial charge in [-0.25, -0.2) is 53.7 Å². The average molecular weight is 1220 g/mol. The lowest BCUT2D eigenvalue weighted by Crippen LogP contribution is -2.30. The van der Waals surface area contributed by atoms with Gasteiger partial charge in [-0.1, -0.05) is 71.1 Å². The lowest BCUT2D eigenvalue weighted by molar-refractivity contribution is -0.0498. The zero-order valence-electron chi connectivity index (χ0n) is 49.7. The smallest absolute Gasteiger partial charge is 0.248 e. The van der Waals surface area contributed by atoms with Gasteiger partial charge in [-0.05, 0) is 102 Å². The number of alkyl halides is 4. The third-order valence-corrected chi connectivity index (χ3v) is 18.9. The van der Waals surface area contributed by atoms with E-state index in [4.69, 9.17) is 9.97 Å². The van der Waals surface area contributed by atoms with Crippen LogP contribution in [0.1, 0.15) is 114 Å². The largest absolute Gasteiger partial charge is 0.367 e. The zero-order chi connectivity index (χ0) is 61.4. The van der Waals surface area contributed by atoms with E-state index in [0.717, 1.165) is 45.0 Å². The summed E-state index contributed by atoms with van der Waals surface area (Å²) in [7, 11) is -3.91. The summed E-state index contributed by atoms with van der Waals surface area (Å²) in [5, 5.41) is 24.7. The van der Waals surface area contributed by atoms with E-state index in [-0.39, 0.29) is 59.4 Å². The number of hydrogen-bond acceptors (Lipinski definition) is 14. The molecule has 0 bridgehead atoms. The number of hydrogen-bond donors (Lipinski definition) is 2. The van der Waals surface area contributed by atoms with Crippen LogP contribution in [-0.2, 0) is 33.8 Å². The van der Waals surface area contributed by atoms with Crippen molar-refractivity contribution in [3.05, 3.63) is 120 Å². The van der Waals surface area contributed by atoms with Crippen LogP contribution in [0.15, 0.2) is 107 Å². The Hall–Kier alpha value is -7.86. The number of pyridine rings is 4. The second-order valence-electron chi connectivity index (χ2n) is 23.8. The van der Waals surface area contributed by atoms with E-state index in [9.17, 15) is 34.4 Å². The van der Waals surface area contributed by atoms with Crippen LogP contribution in [0, 0.1) is 25.7 Å². The molecule has 2 N–H and O–H groups in total. The van der Waals surface area contributed by atoms with Crippen LogP contribution >= 0.6 is 0 Å². The van der Waals surface area contributed by atoms with Crippen molar-refractivity contribution in [2.75, 3.05) is 23.1 Å². The van der Waals surface area contributed by atoms with Gasteiger partial charge in [0.15, 0.2) is 19.7 Å². The minimum absolute atomic E-state index is 0.00567. The van der Waals surface area contributed by atoms with Crippen molar-refractivity contribution in [3.63, 3.8) is 0 Å². The summed E-state index contributed by atoms with van der Waals surface area (Å²) in [5.41, 5.74) is 9.80. The van der Waals surface area contributed by atoms with Crippen LogP contribution in [0.3, 0.4) is 0 Å². The van der Waals surface area contributed by atoms with E-state index in [0.29, 0.717) is 81.2 Å². The Bertz CT molecular complexity index is 4090. The highest BCUT2D eigenvalue weighted by Gasteiger charge is 2.42. The van der Waals surface area contributed by atoms with Gasteiger partial charge < -0.3 is 19.8 Å². The van der Waals surface area contributed by atoms with Crippen LogP contribution < -0.4 is 10.6 Å². The zero-order valence-corrected chi connectivity index (χ0v) is 51.3. The molecule has 8 aromatic heterocycles. The quantitative estimate of drug-likeness (QED) is 0.0969. The molecule has 18 nitrogen and oxygen atoms in total. The van der Waals surface area contributed by atoms with Gasteiger partial charge in [0.25, 0.3) is 0 Å². The number of anilines is 2. The summed E-state index contributed by atoms with van der Waals surface area (Å²) in [6.45, 7) is 11.7. The summed E-state index contributed by atoms with van der Waals surface area (Å²) < 4.78 is 119. The highest BCUT2D eigenvalue weighted by Crippen LogP contribution is 2.50. The van der Waals surface area contributed by atoms with Gasteiger partial charge >= 0.3 is 0 Å². The van der Waals surface area contributed by atoms with E-state index in [2.05, 4.69) is 41.2 Å². The van der Waals surface area contributed by atoms with E-state index in [1.807, 2.05) is 123 Å². The maximum Gasteiger partial charge on any atom is 0.248 e. The molecular weight excluding hydrogens is 1140 g/mol. The molecule has 0 radical (unpaired) electrons. The van der Waals surface area contributed by atoms with E-state index in [1.54, 1.807) is 35.9 Å². The monoisotopic (exact) mass is 1210 g/mol. The molecule has 2 saturated carbocycles. The Morgan fingerprint density at radius 3 is 1.19 bits per heavy atom. The fraction of sp³-hybridized carbons (Fsp3) is 0.419. The minimum Gasteiger partial charge on any atom is -0.367 e. The number of rotatable bonds is 14. The van der Waals surface area contributed by atoms with Crippen molar-refractivity contribution in [2.45, 2.75) is 139 Å². The van der Waals surface area contributed by atoms with Gasteiger partial charge in [0.1, 0.15) is 21.4 Å². The molecule has 0 amide bonds. The standard InChI is InChI=1S/2C31H35F2N7O2S/c2*1-18(2)36-30-25-26-23(15-22(16-34-26)27-19(3)37-38-39(27)4)40(29(25)24(17-35-30)43(5,41)42)28(20-9-7-6-8-10-20)21-11-13-31(32,33)14-12-21/h2*6-10,15-18,21,28H,11-14H2,1-5H3,(H,35,36). The summed E-state index contributed by atoms with van der Waals surface area (Å²) in [4.78, 5) is 19.1. The molecule has 2 aliphatic rings. The second-order valence-corrected chi connectivity index (χ2v) is 27.8. The van der Waals surface area contributed by atoms with Crippen LogP contribution in [0.2, 0.25) is 0 Å². The first-order valence-corrected chi connectivity index (χ1v) is 32.7. The molecule has 86 heavy (non-hydrogen) atoms. The van der Waals surface area contributed by atoms with Crippen LogP contribution in [0.5, 0.6) is 0 Å². The van der Waals surface area contributed by atoms with E-state index < -0.39 is 43.6 Å². The van der Waals surface area contributed by atoms with Gasteiger partial charge in [-0.3, -0.25) is 9.97 Å². The average Bonchev–Trinajstić information content (AvgIpc) is 1.58. The fourth-order valence-corrected chi connectivity index (χ4v) is 14.6. The van der Waals surface area contributed by atoms with E-state index >= 15 is 0 Å². The topological polar surface area (TPSA) is 215 Å². The number of sulfone groups is 2. The van der Waals surface area contributed by atoms with Gasteiger partial charge in [0.05, 0.1) is 91.1 Å². The molecule has 2 aromatic carbocycles. The lowest BCUT2D eigenvalue weighted by Gasteiger charge is -2.36. The molecule has 2 atom stereocenters. The third kappa shape index (κ3) is 11.4. The number of fused-ring (bicyclic) bond motifs is 6. The molecular formula is C62H70F4N14O4S2. The maximum absolute atomic E-state index is 14.4. The SMILES string of the molecule is Cc1nnn(C)c1-c1cnc2c3c(NC(C)C)ncc(S(C)(=O)=O)c3n(C(c3ccccc3)C3CCC(F)(F)CC3)c2c1.Cc1nnn(C)c1-c1cnc2c3c(NC(C)C)ncc(S(C)(=O)=O)c3n(C(c3ccccc3)C3CCC(F)(F)CC3)c2c1. The Kier molecular flexibility index (Phi) is 15.8. The van der Waals surface area contributed by atoms with Crippen LogP contribution in [0.25, 0.3) is 66.4 Å². The third-order valence-electron chi connectivity index (χ3n) is 16.7. The number of benzene rings is 2. The number of halogens is 4. The number of nitrogens with zero attached hydrogens (tertiary/aromatic N) is 12. The first-order valence-electron chi connectivity index (χ1n) is 28.9. The Balaban J connectivity index is 0.000000179. The summed E-state index contributed by atoms with van der Waals surface area (Å²) in [6, 6.07) is 22.5. The van der Waals surface area contributed by atoms with Gasteiger partial charge in [0, 0.05) is 87.9 Å². The van der Waals surface area contributed by atoms with Crippen molar-refractivity contribution in [2.24, 2.45) is 25.9 Å². The predicted octanol–water partition coefficient (Wildman–Crippen LogP) is 12.7. The summed E-state index contributed by atoms with van der Waals surface area (Å²) in [6.07, 6.45) is 8.90. The lowest BCUT2D eigenvalue weighted by atomic mass is 9.79. The Morgan fingerprint density at radius 1 is 0.535 bits per heavy atom. The van der Waals surface area contributed by atoms with Crippen molar-refractivity contribution in [1.29, 1.82) is 0 Å². The van der Waals surface area contributed by atoms with Crippen molar-refractivity contribution >= 4 is 75.2 Å². The van der Waals surface area contributed by atoms with Gasteiger partial charge in [-0.2, -0.15) is 0 Å². The molecule has 0 aliphatic heterocycles. The molecule has 2 aliphatic carbocycles. The Labute approximate surface area is 496 Å². The van der Waals surface area contributed by atoms with Crippen LogP contribution in [-0.4, -0.2) is 112 Å². The second kappa shape index (κ2) is 22.8. The fourth-order valence-electron chi connectivity index (χ4n) is 13.0. The van der Waals surface area contributed by atoms with Crippen LogP contribution in [0.4, 0.5) is 29.2 Å². The summed E-state index contributed by atoms with van der Waals surface area (Å²) >= 11 is 0. The summed E-state index contributed by atoms with van der Waals surface area (Å²) in [5.74, 6) is -4.75. The number of aromatic nitrogens is 12. The highest BCUT2D eigenvalue weighted by atomic mass is 32.2. The maximum atomic E-state index is 14.4. The molecule has 2 fully saturated rings. The van der Waals surface area contributed by atoms with Crippen molar-refractivity contribution in [1.82, 2.24) is 59.1 Å². The minimum atomic E-state index is -3.76. The molecule has 8 heterocycles. The first-order chi connectivity index (χ1) is 40.7. The molecule has 452 valence electrons. The van der Waals surface area contributed by atoms with Crippen molar-refractivity contribution in [3.8, 4) is 22.5 Å². The highest BCUT2D eigenvalue weighted by molar-refractivity contribution is 7.91. The normalized spacial score (nSPS) is 16.7. The molecule has 0 saturated heterocycles. The molecule has 24 heteroatoms. The van der Waals surface area contributed by atoms with Gasteiger partial charge in [0.2, 0.25) is 11.8 Å². The number of aryl methyl sites for hydroxylation is 4. The van der Waals surface area contributed by atoms with Crippen molar-refractivity contribution < 1.29 is 34.4 Å².